The molecule has 106 valence electrons. The molecule has 0 atom stereocenters. The fourth-order valence-corrected chi connectivity index (χ4v) is 2.91. The molecule has 1 rings (SSSR count). The summed E-state index contributed by atoms with van der Waals surface area (Å²) in [5.41, 5.74) is 0.650. The van der Waals surface area contributed by atoms with Gasteiger partial charge in [-0.25, -0.2) is 4.39 Å². The van der Waals surface area contributed by atoms with Gasteiger partial charge in [0.25, 0.3) is 5.91 Å². The highest BCUT2D eigenvalue weighted by Crippen LogP contribution is 2.27. The Morgan fingerprint density at radius 1 is 1.37 bits per heavy atom. The zero-order valence-corrected chi connectivity index (χ0v) is 13.3. The van der Waals surface area contributed by atoms with Gasteiger partial charge >= 0.3 is 0 Å². The van der Waals surface area contributed by atoms with Crippen LogP contribution in [-0.4, -0.2) is 17.8 Å². The molecule has 1 amide bonds. The highest BCUT2D eigenvalue weighted by Gasteiger charge is 2.26. The second-order valence-corrected chi connectivity index (χ2v) is 5.52. The molecule has 0 heterocycles. The van der Waals surface area contributed by atoms with Crippen molar-refractivity contribution in [2.45, 2.75) is 33.6 Å². The first kappa shape index (κ1) is 16.2. The van der Waals surface area contributed by atoms with Crippen LogP contribution >= 0.6 is 15.9 Å². The summed E-state index contributed by atoms with van der Waals surface area (Å²) in [4.78, 5) is 12.0. The minimum atomic E-state index is -0.433. The second-order valence-electron chi connectivity index (χ2n) is 4.96. The number of benzene rings is 1. The first-order valence-electron chi connectivity index (χ1n) is 6.59. The molecule has 0 saturated heterocycles. The smallest absolute Gasteiger partial charge is 0.254 e. The van der Waals surface area contributed by atoms with Crippen molar-refractivity contribution in [3.05, 3.63) is 35.1 Å². The largest absolute Gasteiger partial charge is 0.351 e. The number of halogens is 2. The number of aryl methyl sites for hydroxylation is 1. The van der Waals surface area contributed by atoms with Crippen LogP contribution in [0.25, 0.3) is 0 Å². The summed E-state index contributed by atoms with van der Waals surface area (Å²) in [5.74, 6) is -0.772. The number of alkyl halides is 1. The Labute approximate surface area is 122 Å². The van der Waals surface area contributed by atoms with E-state index in [1.807, 2.05) is 0 Å². The molecule has 0 fully saturated rings. The Kier molecular flexibility index (Phi) is 5.98. The van der Waals surface area contributed by atoms with Crippen molar-refractivity contribution in [3.63, 3.8) is 0 Å². The highest BCUT2D eigenvalue weighted by molar-refractivity contribution is 9.09. The Bertz CT molecular complexity index is 436. The van der Waals surface area contributed by atoms with Gasteiger partial charge in [-0.1, -0.05) is 41.9 Å². The summed E-state index contributed by atoms with van der Waals surface area (Å²) in [5, 5.41) is 3.67. The summed E-state index contributed by atoms with van der Waals surface area (Å²) in [6, 6.07) is 4.88. The SMILES string of the molecule is CCC(CC)(CBr)CNC(=O)c1cccc(C)c1F. The lowest BCUT2D eigenvalue weighted by Crippen LogP contribution is -2.38. The number of hydrogen-bond donors (Lipinski definition) is 1. The fraction of sp³-hybridized carbons (Fsp3) is 0.533. The predicted octanol–water partition coefficient (Wildman–Crippen LogP) is 4.07. The molecule has 0 aliphatic rings. The van der Waals surface area contributed by atoms with E-state index in [0.717, 1.165) is 18.2 Å². The molecule has 0 radical (unpaired) electrons. The van der Waals surface area contributed by atoms with E-state index in [4.69, 9.17) is 0 Å². The molecule has 2 nitrogen and oxygen atoms in total. The summed E-state index contributed by atoms with van der Waals surface area (Å²) in [6.45, 7) is 6.42. The normalized spacial score (nSPS) is 11.4. The van der Waals surface area contributed by atoms with E-state index in [2.05, 4.69) is 35.1 Å². The molecule has 0 bridgehead atoms. The van der Waals surface area contributed by atoms with Gasteiger partial charge in [0.15, 0.2) is 0 Å². The molecule has 0 aromatic heterocycles. The minimum absolute atomic E-state index is 0.0377. The van der Waals surface area contributed by atoms with E-state index in [1.54, 1.807) is 19.1 Å². The Morgan fingerprint density at radius 2 is 2.00 bits per heavy atom. The lowest BCUT2D eigenvalue weighted by atomic mass is 9.84. The number of nitrogens with one attached hydrogen (secondary N) is 1. The van der Waals surface area contributed by atoms with Gasteiger partial charge in [0.1, 0.15) is 5.82 Å². The monoisotopic (exact) mass is 329 g/mol. The van der Waals surface area contributed by atoms with Gasteiger partial charge in [-0.2, -0.15) is 0 Å². The number of amides is 1. The number of carbonyl (C=O) groups is 1. The molecule has 0 spiro atoms. The van der Waals surface area contributed by atoms with Gasteiger partial charge in [-0.15, -0.1) is 0 Å². The summed E-state index contributed by atoms with van der Waals surface area (Å²) in [7, 11) is 0. The first-order chi connectivity index (χ1) is 8.99. The van der Waals surface area contributed by atoms with Crippen LogP contribution in [0.5, 0.6) is 0 Å². The van der Waals surface area contributed by atoms with Crippen LogP contribution in [0, 0.1) is 18.2 Å². The quantitative estimate of drug-likeness (QED) is 0.783. The number of hydrogen-bond acceptors (Lipinski definition) is 1. The van der Waals surface area contributed by atoms with E-state index in [-0.39, 0.29) is 16.9 Å². The van der Waals surface area contributed by atoms with Crippen molar-refractivity contribution >= 4 is 21.8 Å². The van der Waals surface area contributed by atoms with E-state index < -0.39 is 5.82 Å². The number of carbonyl (C=O) groups excluding carboxylic acids is 1. The molecule has 0 unspecified atom stereocenters. The van der Waals surface area contributed by atoms with Crippen LogP contribution in [0.1, 0.15) is 42.6 Å². The topological polar surface area (TPSA) is 29.1 Å². The van der Waals surface area contributed by atoms with E-state index in [1.165, 1.54) is 6.07 Å². The Morgan fingerprint density at radius 3 is 2.53 bits per heavy atom. The van der Waals surface area contributed by atoms with Gasteiger partial charge in [-0.3, -0.25) is 4.79 Å². The van der Waals surface area contributed by atoms with Gasteiger partial charge in [0.2, 0.25) is 0 Å². The minimum Gasteiger partial charge on any atom is -0.351 e. The van der Waals surface area contributed by atoms with Crippen LogP contribution in [0.2, 0.25) is 0 Å². The molecule has 1 aromatic rings. The molecule has 1 N–H and O–H groups in total. The third kappa shape index (κ3) is 3.78. The Hall–Kier alpha value is -0.900. The second kappa shape index (κ2) is 7.04. The highest BCUT2D eigenvalue weighted by atomic mass is 79.9. The first-order valence-corrected chi connectivity index (χ1v) is 7.71. The molecular weight excluding hydrogens is 309 g/mol. The zero-order chi connectivity index (χ0) is 14.5. The van der Waals surface area contributed by atoms with Crippen molar-refractivity contribution in [3.8, 4) is 0 Å². The van der Waals surface area contributed by atoms with Gasteiger partial charge in [-0.05, 0) is 36.8 Å². The lowest BCUT2D eigenvalue weighted by Gasteiger charge is -2.29. The third-order valence-corrected chi connectivity index (χ3v) is 5.03. The van der Waals surface area contributed by atoms with Gasteiger partial charge in [0.05, 0.1) is 5.56 Å². The molecule has 1 aromatic carbocycles. The fourth-order valence-electron chi connectivity index (χ4n) is 1.92. The molecular formula is C15H21BrFNO. The van der Waals surface area contributed by atoms with Gasteiger partial charge < -0.3 is 5.32 Å². The van der Waals surface area contributed by atoms with Crippen LogP contribution < -0.4 is 5.32 Å². The van der Waals surface area contributed by atoms with Crippen LogP contribution in [0.4, 0.5) is 4.39 Å². The van der Waals surface area contributed by atoms with Crippen molar-refractivity contribution in [1.29, 1.82) is 0 Å². The van der Waals surface area contributed by atoms with Crippen LogP contribution in [0.3, 0.4) is 0 Å². The average molecular weight is 330 g/mol. The summed E-state index contributed by atoms with van der Waals surface area (Å²) < 4.78 is 13.8. The molecule has 19 heavy (non-hydrogen) atoms. The Balaban J connectivity index is 2.78. The maximum atomic E-state index is 13.8. The summed E-state index contributed by atoms with van der Waals surface area (Å²) in [6.07, 6.45) is 1.93. The molecule has 0 aliphatic heterocycles. The third-order valence-electron chi connectivity index (χ3n) is 3.84. The van der Waals surface area contributed by atoms with E-state index in [9.17, 15) is 9.18 Å². The van der Waals surface area contributed by atoms with Crippen LogP contribution in [0.15, 0.2) is 18.2 Å². The standard InChI is InChI=1S/C15H21BrFNO/c1-4-15(5-2,9-16)10-18-14(19)12-8-6-7-11(3)13(12)17/h6-8H,4-5,9-10H2,1-3H3,(H,18,19). The van der Waals surface area contributed by atoms with E-state index in [0.29, 0.717) is 12.1 Å². The predicted molar refractivity (Wildman–Crippen MR) is 80.3 cm³/mol. The maximum absolute atomic E-state index is 13.8. The van der Waals surface area contributed by atoms with Gasteiger partial charge in [0, 0.05) is 11.9 Å². The van der Waals surface area contributed by atoms with Crippen LogP contribution in [-0.2, 0) is 0 Å². The van der Waals surface area contributed by atoms with E-state index >= 15 is 0 Å². The van der Waals surface area contributed by atoms with Crippen molar-refractivity contribution < 1.29 is 9.18 Å². The molecule has 0 aliphatic carbocycles. The number of rotatable bonds is 6. The maximum Gasteiger partial charge on any atom is 0.254 e. The molecule has 4 heteroatoms. The van der Waals surface area contributed by atoms with Crippen molar-refractivity contribution in [1.82, 2.24) is 5.32 Å². The zero-order valence-electron chi connectivity index (χ0n) is 11.7. The lowest BCUT2D eigenvalue weighted by molar-refractivity contribution is 0.0928. The molecule has 0 saturated carbocycles. The summed E-state index contributed by atoms with van der Waals surface area (Å²) >= 11 is 3.50. The van der Waals surface area contributed by atoms with Crippen molar-refractivity contribution in [2.75, 3.05) is 11.9 Å². The average Bonchev–Trinajstić information content (AvgIpc) is 2.44. The van der Waals surface area contributed by atoms with Crippen molar-refractivity contribution in [2.24, 2.45) is 5.41 Å².